The Morgan fingerprint density at radius 1 is 1.29 bits per heavy atom. The third kappa shape index (κ3) is 4.25. The number of aromatic nitrogens is 1. The maximum Gasteiger partial charge on any atom is 0.268 e. The minimum Gasteiger partial charge on any atom is -0.489 e. The fraction of sp³-hybridized carbons (Fsp3) is 0.261. The van der Waals surface area contributed by atoms with Gasteiger partial charge in [-0.15, -0.1) is 0 Å². The van der Waals surface area contributed by atoms with Gasteiger partial charge in [-0.2, -0.15) is 0 Å². The zero-order chi connectivity index (χ0) is 20.1. The number of carbonyl (C=O) groups excluding carboxylic acids is 1. The van der Waals surface area contributed by atoms with E-state index in [-0.39, 0.29) is 17.8 Å². The average molecular weight is 380 g/mol. The molecule has 1 aromatic heterocycles. The topological polar surface area (TPSA) is 43.3 Å². The molecule has 28 heavy (non-hydrogen) atoms. The fourth-order valence-corrected chi connectivity index (χ4v) is 3.11. The van der Waals surface area contributed by atoms with Gasteiger partial charge in [-0.3, -0.25) is 4.79 Å². The number of benzene rings is 2. The number of hydrogen-bond donors (Lipinski definition) is 1. The van der Waals surface area contributed by atoms with Crippen LogP contribution in [0.1, 0.15) is 36.3 Å². The Morgan fingerprint density at radius 2 is 2.07 bits per heavy atom. The fourth-order valence-electron chi connectivity index (χ4n) is 3.11. The van der Waals surface area contributed by atoms with Crippen molar-refractivity contribution in [1.29, 1.82) is 0 Å². The van der Waals surface area contributed by atoms with E-state index in [1.165, 1.54) is 12.1 Å². The van der Waals surface area contributed by atoms with Crippen molar-refractivity contribution in [2.24, 2.45) is 0 Å². The van der Waals surface area contributed by atoms with E-state index in [1.807, 2.05) is 48.7 Å². The molecular formula is C23H25FN2O2. The molecule has 1 atom stereocenters. The molecule has 0 aliphatic rings. The number of ether oxygens (including phenoxy) is 1. The molecule has 0 spiro atoms. The van der Waals surface area contributed by atoms with Crippen LogP contribution in [0.4, 0.5) is 4.39 Å². The van der Waals surface area contributed by atoms with Gasteiger partial charge in [-0.1, -0.05) is 37.8 Å². The summed E-state index contributed by atoms with van der Waals surface area (Å²) >= 11 is 0. The smallest absolute Gasteiger partial charge is 0.268 e. The van der Waals surface area contributed by atoms with Gasteiger partial charge in [0, 0.05) is 18.0 Å². The van der Waals surface area contributed by atoms with Gasteiger partial charge < -0.3 is 14.6 Å². The predicted molar refractivity (Wildman–Crippen MR) is 110 cm³/mol. The first-order chi connectivity index (χ1) is 13.5. The van der Waals surface area contributed by atoms with E-state index in [2.05, 4.69) is 11.9 Å². The standard InChI is InChI=1S/C23H25FN2O2/c1-4-12-28-22-11-7-10-20-19(22)14-21(23(27)25-16(3)5-2)26(20)15-17-8-6-9-18(24)13-17/h4,6-11,13-14,16H,1,5,12,15H2,2-3H3,(H,25,27)/t16-/m1/s1. The molecule has 4 nitrogen and oxygen atoms in total. The summed E-state index contributed by atoms with van der Waals surface area (Å²) in [4.78, 5) is 12.9. The number of hydrogen-bond acceptors (Lipinski definition) is 2. The highest BCUT2D eigenvalue weighted by atomic mass is 19.1. The molecule has 0 saturated heterocycles. The van der Waals surface area contributed by atoms with Gasteiger partial charge in [-0.05, 0) is 49.2 Å². The number of halogens is 1. The highest BCUT2D eigenvalue weighted by molar-refractivity contribution is 6.00. The quantitative estimate of drug-likeness (QED) is 0.564. The van der Waals surface area contributed by atoms with Crippen LogP contribution in [0.5, 0.6) is 5.75 Å². The first-order valence-electron chi connectivity index (χ1n) is 9.44. The highest BCUT2D eigenvalue weighted by Crippen LogP contribution is 2.30. The van der Waals surface area contributed by atoms with Gasteiger partial charge in [-0.25, -0.2) is 4.39 Å². The molecule has 1 amide bonds. The van der Waals surface area contributed by atoms with Crippen LogP contribution < -0.4 is 10.1 Å². The van der Waals surface area contributed by atoms with Gasteiger partial charge in [0.1, 0.15) is 23.9 Å². The monoisotopic (exact) mass is 380 g/mol. The molecule has 0 radical (unpaired) electrons. The molecule has 0 aliphatic carbocycles. The van der Waals surface area contributed by atoms with Gasteiger partial charge >= 0.3 is 0 Å². The van der Waals surface area contributed by atoms with E-state index in [0.717, 1.165) is 22.9 Å². The molecule has 0 fully saturated rings. The second kappa shape index (κ2) is 8.74. The second-order valence-electron chi connectivity index (χ2n) is 6.82. The Balaban J connectivity index is 2.10. The third-order valence-corrected chi connectivity index (χ3v) is 4.71. The van der Waals surface area contributed by atoms with Crippen molar-refractivity contribution < 1.29 is 13.9 Å². The molecule has 0 saturated carbocycles. The van der Waals surface area contributed by atoms with E-state index in [4.69, 9.17) is 4.74 Å². The number of carbonyl (C=O) groups is 1. The number of rotatable bonds is 8. The molecular weight excluding hydrogens is 355 g/mol. The number of amides is 1. The van der Waals surface area contributed by atoms with Crippen molar-refractivity contribution in [3.8, 4) is 5.75 Å². The van der Waals surface area contributed by atoms with E-state index < -0.39 is 0 Å². The lowest BCUT2D eigenvalue weighted by Gasteiger charge is -2.14. The van der Waals surface area contributed by atoms with Crippen LogP contribution in [-0.2, 0) is 6.54 Å². The lowest BCUT2D eigenvalue weighted by Crippen LogP contribution is -2.33. The normalized spacial score (nSPS) is 12.0. The summed E-state index contributed by atoms with van der Waals surface area (Å²) in [5.41, 5.74) is 2.17. The Hall–Kier alpha value is -3.08. The number of fused-ring (bicyclic) bond motifs is 1. The van der Waals surface area contributed by atoms with Crippen LogP contribution in [0.3, 0.4) is 0 Å². The zero-order valence-corrected chi connectivity index (χ0v) is 16.2. The Labute approximate surface area is 164 Å². The summed E-state index contributed by atoms with van der Waals surface area (Å²) in [5, 5.41) is 3.86. The molecule has 2 aromatic carbocycles. The summed E-state index contributed by atoms with van der Waals surface area (Å²) in [5.74, 6) is 0.235. The van der Waals surface area contributed by atoms with Crippen molar-refractivity contribution in [3.63, 3.8) is 0 Å². The third-order valence-electron chi connectivity index (χ3n) is 4.71. The van der Waals surface area contributed by atoms with Gasteiger partial charge in [0.15, 0.2) is 0 Å². The first kappa shape index (κ1) is 19.7. The van der Waals surface area contributed by atoms with Crippen molar-refractivity contribution in [1.82, 2.24) is 9.88 Å². The molecule has 146 valence electrons. The zero-order valence-electron chi connectivity index (χ0n) is 16.2. The molecule has 0 unspecified atom stereocenters. The molecule has 1 N–H and O–H groups in total. The maximum atomic E-state index is 13.7. The summed E-state index contributed by atoms with van der Waals surface area (Å²) in [6, 6.07) is 14.0. The average Bonchev–Trinajstić information content (AvgIpc) is 3.05. The van der Waals surface area contributed by atoms with Gasteiger partial charge in [0.2, 0.25) is 0 Å². The molecule has 3 aromatic rings. The van der Waals surface area contributed by atoms with Crippen molar-refractivity contribution >= 4 is 16.8 Å². The Morgan fingerprint density at radius 3 is 2.79 bits per heavy atom. The Kier molecular flexibility index (Phi) is 6.14. The van der Waals surface area contributed by atoms with Crippen LogP contribution in [0.25, 0.3) is 10.9 Å². The van der Waals surface area contributed by atoms with Gasteiger partial charge in [0.25, 0.3) is 5.91 Å². The van der Waals surface area contributed by atoms with Crippen LogP contribution in [0, 0.1) is 5.82 Å². The minimum absolute atomic E-state index is 0.0598. The minimum atomic E-state index is -0.297. The lowest BCUT2D eigenvalue weighted by molar-refractivity contribution is 0.0931. The molecule has 0 bridgehead atoms. The Bertz CT molecular complexity index is 993. The van der Waals surface area contributed by atoms with E-state index in [9.17, 15) is 9.18 Å². The number of nitrogens with one attached hydrogen (secondary N) is 1. The van der Waals surface area contributed by atoms with Crippen molar-refractivity contribution in [3.05, 3.63) is 78.3 Å². The highest BCUT2D eigenvalue weighted by Gasteiger charge is 2.19. The van der Waals surface area contributed by atoms with Crippen molar-refractivity contribution in [2.75, 3.05) is 6.61 Å². The lowest BCUT2D eigenvalue weighted by atomic mass is 10.2. The summed E-state index contributed by atoms with van der Waals surface area (Å²) in [7, 11) is 0. The number of nitrogens with zero attached hydrogens (tertiary/aromatic N) is 1. The van der Waals surface area contributed by atoms with Gasteiger partial charge in [0.05, 0.1) is 5.52 Å². The maximum absolute atomic E-state index is 13.7. The summed E-state index contributed by atoms with van der Waals surface area (Å²) in [6.07, 6.45) is 2.52. The van der Waals surface area contributed by atoms with Crippen LogP contribution in [0.15, 0.2) is 61.2 Å². The summed E-state index contributed by atoms with van der Waals surface area (Å²) in [6.45, 7) is 8.44. The predicted octanol–water partition coefficient (Wildman–Crippen LogP) is 4.92. The van der Waals surface area contributed by atoms with Crippen LogP contribution in [0.2, 0.25) is 0 Å². The molecule has 3 rings (SSSR count). The SMILES string of the molecule is C=CCOc1cccc2c1cc(C(=O)N[C@H](C)CC)n2Cc1cccc(F)c1. The van der Waals surface area contributed by atoms with Crippen LogP contribution >= 0.6 is 0 Å². The van der Waals surface area contributed by atoms with E-state index in [1.54, 1.807) is 12.1 Å². The van der Waals surface area contributed by atoms with E-state index >= 15 is 0 Å². The van der Waals surface area contributed by atoms with Crippen LogP contribution in [-0.4, -0.2) is 23.1 Å². The van der Waals surface area contributed by atoms with E-state index in [0.29, 0.717) is 24.6 Å². The second-order valence-corrected chi connectivity index (χ2v) is 6.82. The summed E-state index contributed by atoms with van der Waals surface area (Å²) < 4.78 is 21.3. The first-order valence-corrected chi connectivity index (χ1v) is 9.44. The molecule has 0 aliphatic heterocycles. The molecule has 1 heterocycles. The largest absolute Gasteiger partial charge is 0.489 e. The van der Waals surface area contributed by atoms with Crippen molar-refractivity contribution in [2.45, 2.75) is 32.9 Å². The molecule has 5 heteroatoms.